The summed E-state index contributed by atoms with van der Waals surface area (Å²) in [6, 6.07) is 5.95. The van der Waals surface area contributed by atoms with Crippen molar-refractivity contribution in [3.8, 4) is 0 Å². The Morgan fingerprint density at radius 3 is 2.29 bits per heavy atom. The number of thioether (sulfide) groups is 1. The first kappa shape index (κ1) is 34.3. The molecule has 0 saturated carbocycles. The number of nitrogens with two attached hydrogens (primary N) is 1. The Morgan fingerprint density at radius 2 is 1.71 bits per heavy atom. The predicted octanol–water partition coefficient (Wildman–Crippen LogP) is 1.80. The summed E-state index contributed by atoms with van der Waals surface area (Å²) >= 11 is 1.56. The zero-order valence-electron chi connectivity index (χ0n) is 25.0. The van der Waals surface area contributed by atoms with Crippen LogP contribution in [0.5, 0.6) is 0 Å². The maximum atomic E-state index is 13.9. The lowest BCUT2D eigenvalue weighted by atomic mass is 9.96. The van der Waals surface area contributed by atoms with Gasteiger partial charge in [0, 0.05) is 25.3 Å². The maximum absolute atomic E-state index is 13.9. The number of carbonyl (C=O) groups is 5. The first-order valence-electron chi connectivity index (χ1n) is 14.5. The molecular formula is C30H47N5O5S. The molecule has 0 bridgehead atoms. The van der Waals surface area contributed by atoms with Crippen molar-refractivity contribution in [3.05, 3.63) is 35.9 Å². The highest BCUT2D eigenvalue weighted by Gasteiger charge is 2.45. The molecule has 1 heterocycles. The van der Waals surface area contributed by atoms with E-state index in [0.29, 0.717) is 38.0 Å². The predicted molar refractivity (Wildman–Crippen MR) is 162 cm³/mol. The van der Waals surface area contributed by atoms with Crippen LogP contribution in [0.1, 0.15) is 65.4 Å². The summed E-state index contributed by atoms with van der Waals surface area (Å²) in [5, 5.41) is 8.44. The van der Waals surface area contributed by atoms with Crippen molar-refractivity contribution in [1.82, 2.24) is 20.9 Å². The summed E-state index contributed by atoms with van der Waals surface area (Å²) < 4.78 is 0. The van der Waals surface area contributed by atoms with E-state index in [2.05, 4.69) is 16.0 Å². The molecule has 1 saturated heterocycles. The number of amides is 4. The van der Waals surface area contributed by atoms with E-state index in [1.54, 1.807) is 30.5 Å². The topological polar surface area (TPSA) is 151 Å². The number of likely N-dealkylation sites (tertiary alicyclic amines) is 1. The monoisotopic (exact) mass is 589 g/mol. The van der Waals surface area contributed by atoms with Crippen LogP contribution >= 0.6 is 11.8 Å². The average Bonchev–Trinajstić information content (AvgIpc) is 3.20. The number of benzene rings is 1. The Kier molecular flexibility index (Phi) is 14.3. The molecule has 10 nitrogen and oxygen atoms in total. The fourth-order valence-corrected chi connectivity index (χ4v) is 5.63. The number of ketones is 1. The maximum Gasteiger partial charge on any atom is 0.246 e. The molecule has 0 radical (unpaired) electrons. The van der Waals surface area contributed by atoms with Crippen LogP contribution in [-0.4, -0.2) is 83.1 Å². The zero-order chi connectivity index (χ0) is 30.5. The average molecular weight is 590 g/mol. The molecule has 1 aromatic rings. The Labute approximate surface area is 248 Å². The third-order valence-electron chi connectivity index (χ3n) is 7.31. The van der Waals surface area contributed by atoms with Gasteiger partial charge in [0.25, 0.3) is 0 Å². The van der Waals surface area contributed by atoms with E-state index in [4.69, 9.17) is 5.73 Å². The fourth-order valence-electron chi connectivity index (χ4n) is 5.16. The Hall–Kier alpha value is -2.92. The Balaban J connectivity index is 2.30. The minimum atomic E-state index is -0.874. The van der Waals surface area contributed by atoms with E-state index >= 15 is 0 Å². The van der Waals surface area contributed by atoms with E-state index in [9.17, 15) is 24.0 Å². The summed E-state index contributed by atoms with van der Waals surface area (Å²) in [5.41, 5.74) is 6.52. The third-order valence-corrected chi connectivity index (χ3v) is 7.96. The van der Waals surface area contributed by atoms with E-state index < -0.39 is 36.0 Å². The minimum absolute atomic E-state index is 0.0611. The standard InChI is InChI=1S/C30H47N5O5S/c1-19(2)27(37)23(13-9-10-15-31)33-29(39)26(18-22-11-7-6-8-12-22)35-20(3)17-25(30(35)40)34-28(38)24(14-16-41-5)32-21(4)36/h6-8,11-12,19-20,23-26H,9-10,13-18,31H2,1-5H3,(H,32,36)(H,33,39)(H,34,38). The van der Waals surface area contributed by atoms with E-state index in [1.807, 2.05) is 43.5 Å². The second-order valence-corrected chi connectivity index (χ2v) is 12.0. The SMILES string of the molecule is CSCCC(NC(C)=O)C(=O)NC1CC(C)N(C(Cc2ccccc2)C(=O)NC(CCCCN)C(=O)C(C)C)C1=O. The Bertz CT molecular complexity index is 1040. The van der Waals surface area contributed by atoms with Crippen LogP contribution in [0, 0.1) is 5.92 Å². The van der Waals surface area contributed by atoms with Gasteiger partial charge in [-0.05, 0) is 63.1 Å². The highest BCUT2D eigenvalue weighted by atomic mass is 32.2. The molecule has 5 N–H and O–H groups in total. The van der Waals surface area contributed by atoms with Crippen molar-refractivity contribution >= 4 is 41.2 Å². The van der Waals surface area contributed by atoms with Crippen LogP contribution in [0.3, 0.4) is 0 Å². The number of nitrogens with zero attached hydrogens (tertiary/aromatic N) is 1. The van der Waals surface area contributed by atoms with Gasteiger partial charge < -0.3 is 26.6 Å². The minimum Gasteiger partial charge on any atom is -0.345 e. The molecule has 0 spiro atoms. The molecule has 1 fully saturated rings. The fraction of sp³-hybridized carbons (Fsp3) is 0.633. The molecule has 41 heavy (non-hydrogen) atoms. The second kappa shape index (κ2) is 17.1. The normalized spacial score (nSPS) is 19.0. The van der Waals surface area contributed by atoms with Gasteiger partial charge in [0.2, 0.25) is 23.6 Å². The Morgan fingerprint density at radius 1 is 1.02 bits per heavy atom. The molecule has 5 unspecified atom stereocenters. The van der Waals surface area contributed by atoms with Gasteiger partial charge in [-0.1, -0.05) is 44.2 Å². The molecule has 1 aromatic carbocycles. The van der Waals surface area contributed by atoms with Gasteiger partial charge in [-0.2, -0.15) is 11.8 Å². The second-order valence-electron chi connectivity index (χ2n) is 11.0. The number of hydrogen-bond acceptors (Lipinski definition) is 7. The molecule has 228 valence electrons. The van der Waals surface area contributed by atoms with Gasteiger partial charge in [0.05, 0.1) is 6.04 Å². The molecule has 0 aromatic heterocycles. The van der Waals surface area contributed by atoms with Crippen molar-refractivity contribution in [2.75, 3.05) is 18.6 Å². The van der Waals surface area contributed by atoms with Gasteiger partial charge in [-0.15, -0.1) is 0 Å². The summed E-state index contributed by atoms with van der Waals surface area (Å²) in [6.07, 6.45) is 4.84. The van der Waals surface area contributed by atoms with Crippen LogP contribution < -0.4 is 21.7 Å². The van der Waals surface area contributed by atoms with E-state index in [0.717, 1.165) is 12.0 Å². The van der Waals surface area contributed by atoms with Crippen LogP contribution in [0.4, 0.5) is 0 Å². The van der Waals surface area contributed by atoms with Crippen LogP contribution in [0.15, 0.2) is 30.3 Å². The van der Waals surface area contributed by atoms with E-state index in [1.165, 1.54) is 6.92 Å². The van der Waals surface area contributed by atoms with Gasteiger partial charge in [0.15, 0.2) is 5.78 Å². The van der Waals surface area contributed by atoms with Crippen molar-refractivity contribution in [2.24, 2.45) is 11.7 Å². The van der Waals surface area contributed by atoms with Crippen LogP contribution in [0.25, 0.3) is 0 Å². The highest BCUT2D eigenvalue weighted by molar-refractivity contribution is 7.98. The molecule has 4 amide bonds. The van der Waals surface area contributed by atoms with Crippen LogP contribution in [0.2, 0.25) is 0 Å². The van der Waals surface area contributed by atoms with Gasteiger partial charge in [-0.3, -0.25) is 24.0 Å². The third kappa shape index (κ3) is 10.5. The van der Waals surface area contributed by atoms with Crippen LogP contribution in [-0.2, 0) is 30.4 Å². The van der Waals surface area contributed by atoms with E-state index in [-0.39, 0.29) is 36.0 Å². The molecule has 1 aliphatic heterocycles. The first-order valence-corrected chi connectivity index (χ1v) is 15.9. The van der Waals surface area contributed by atoms with Gasteiger partial charge in [0.1, 0.15) is 18.1 Å². The quantitative estimate of drug-likeness (QED) is 0.202. The summed E-state index contributed by atoms with van der Waals surface area (Å²) in [4.78, 5) is 66.9. The number of carbonyl (C=O) groups excluding carboxylic acids is 5. The largest absolute Gasteiger partial charge is 0.345 e. The lowest BCUT2D eigenvalue weighted by molar-refractivity contribution is -0.141. The van der Waals surface area contributed by atoms with Crippen molar-refractivity contribution < 1.29 is 24.0 Å². The molecule has 1 aliphatic rings. The lowest BCUT2D eigenvalue weighted by Crippen LogP contribution is -2.56. The number of nitrogens with one attached hydrogen (secondary N) is 3. The number of unbranched alkanes of at least 4 members (excludes halogenated alkanes) is 1. The first-order chi connectivity index (χ1) is 19.5. The lowest BCUT2D eigenvalue weighted by Gasteiger charge is -2.32. The summed E-state index contributed by atoms with van der Waals surface area (Å²) in [7, 11) is 0. The highest BCUT2D eigenvalue weighted by Crippen LogP contribution is 2.25. The number of rotatable bonds is 17. The molecular weight excluding hydrogens is 542 g/mol. The summed E-state index contributed by atoms with van der Waals surface area (Å²) in [6.45, 7) is 7.31. The van der Waals surface area contributed by atoms with Gasteiger partial charge in [-0.25, -0.2) is 0 Å². The van der Waals surface area contributed by atoms with Crippen molar-refractivity contribution in [3.63, 3.8) is 0 Å². The molecule has 0 aliphatic carbocycles. The summed E-state index contributed by atoms with van der Waals surface area (Å²) in [5.74, 6) is -1.16. The molecule has 11 heteroatoms. The number of Topliss-reactive ketones (excluding diaryl/α,β-unsaturated/α-hetero) is 1. The van der Waals surface area contributed by atoms with Crippen molar-refractivity contribution in [2.45, 2.75) is 96.4 Å². The number of hydrogen-bond donors (Lipinski definition) is 4. The zero-order valence-corrected chi connectivity index (χ0v) is 25.8. The molecule has 2 rings (SSSR count). The van der Waals surface area contributed by atoms with Crippen molar-refractivity contribution in [1.29, 1.82) is 0 Å². The van der Waals surface area contributed by atoms with Gasteiger partial charge >= 0.3 is 0 Å². The molecule has 5 atom stereocenters. The smallest absolute Gasteiger partial charge is 0.246 e.